The SMILES string of the molecule is COc1cc(F)c(CNO)cc1OC(C)C. The molecule has 0 aliphatic rings. The predicted molar refractivity (Wildman–Crippen MR) is 57.3 cm³/mol. The predicted octanol–water partition coefficient (Wildman–Crippen LogP) is 2.10. The maximum Gasteiger partial charge on any atom is 0.163 e. The molecule has 16 heavy (non-hydrogen) atoms. The van der Waals surface area contributed by atoms with Gasteiger partial charge >= 0.3 is 0 Å². The van der Waals surface area contributed by atoms with E-state index >= 15 is 0 Å². The van der Waals surface area contributed by atoms with Crippen LogP contribution in [0.5, 0.6) is 11.5 Å². The van der Waals surface area contributed by atoms with E-state index in [1.165, 1.54) is 19.2 Å². The average molecular weight is 229 g/mol. The molecule has 0 radical (unpaired) electrons. The Hall–Kier alpha value is -1.33. The molecular formula is C11H16FNO3. The third-order valence-electron chi connectivity index (χ3n) is 1.96. The van der Waals surface area contributed by atoms with E-state index < -0.39 is 5.82 Å². The van der Waals surface area contributed by atoms with E-state index in [9.17, 15) is 4.39 Å². The van der Waals surface area contributed by atoms with E-state index in [-0.39, 0.29) is 12.6 Å². The van der Waals surface area contributed by atoms with Gasteiger partial charge in [-0.15, -0.1) is 0 Å². The summed E-state index contributed by atoms with van der Waals surface area (Å²) in [7, 11) is 1.45. The Labute approximate surface area is 93.9 Å². The van der Waals surface area contributed by atoms with Gasteiger partial charge < -0.3 is 14.7 Å². The molecule has 1 aromatic rings. The molecule has 0 unspecified atom stereocenters. The highest BCUT2D eigenvalue weighted by molar-refractivity contribution is 5.43. The first-order valence-corrected chi connectivity index (χ1v) is 4.98. The van der Waals surface area contributed by atoms with Crippen LogP contribution in [0.3, 0.4) is 0 Å². The lowest BCUT2D eigenvalue weighted by molar-refractivity contribution is 0.159. The average Bonchev–Trinajstić information content (AvgIpc) is 2.22. The maximum atomic E-state index is 13.5. The Balaban J connectivity index is 3.07. The van der Waals surface area contributed by atoms with Gasteiger partial charge in [0, 0.05) is 18.2 Å². The molecule has 0 amide bonds. The molecule has 0 saturated carbocycles. The Kier molecular flexibility index (Phi) is 4.52. The summed E-state index contributed by atoms with van der Waals surface area (Å²) < 4.78 is 23.9. The smallest absolute Gasteiger partial charge is 0.163 e. The molecule has 0 spiro atoms. The minimum Gasteiger partial charge on any atom is -0.493 e. The molecule has 0 aliphatic heterocycles. The molecule has 4 nitrogen and oxygen atoms in total. The highest BCUT2D eigenvalue weighted by atomic mass is 19.1. The zero-order valence-corrected chi connectivity index (χ0v) is 9.58. The Morgan fingerprint density at radius 1 is 1.38 bits per heavy atom. The molecule has 0 fully saturated rings. The number of halogens is 1. The van der Waals surface area contributed by atoms with E-state index in [2.05, 4.69) is 0 Å². The summed E-state index contributed by atoms with van der Waals surface area (Å²) in [5.74, 6) is 0.353. The molecule has 1 rings (SSSR count). The first-order chi connectivity index (χ1) is 7.58. The van der Waals surface area contributed by atoms with Crippen LogP contribution >= 0.6 is 0 Å². The van der Waals surface area contributed by atoms with Gasteiger partial charge in [-0.3, -0.25) is 0 Å². The Morgan fingerprint density at radius 2 is 2.06 bits per heavy atom. The molecule has 0 heterocycles. The summed E-state index contributed by atoms with van der Waals surface area (Å²) in [5.41, 5.74) is 2.22. The van der Waals surface area contributed by atoms with Crippen LogP contribution in [0.1, 0.15) is 19.4 Å². The van der Waals surface area contributed by atoms with Crippen LogP contribution in [0.2, 0.25) is 0 Å². The fourth-order valence-corrected chi connectivity index (χ4v) is 1.30. The first kappa shape index (κ1) is 12.7. The largest absolute Gasteiger partial charge is 0.493 e. The molecular weight excluding hydrogens is 213 g/mol. The van der Waals surface area contributed by atoms with Crippen molar-refractivity contribution in [2.75, 3.05) is 7.11 Å². The maximum absolute atomic E-state index is 13.5. The fraction of sp³-hybridized carbons (Fsp3) is 0.455. The van der Waals surface area contributed by atoms with Crippen molar-refractivity contribution in [2.24, 2.45) is 0 Å². The van der Waals surface area contributed by atoms with Crippen LogP contribution in [0.15, 0.2) is 12.1 Å². The molecule has 0 aliphatic carbocycles. The minimum atomic E-state index is -0.450. The van der Waals surface area contributed by atoms with Crippen LogP contribution in [0, 0.1) is 5.82 Å². The zero-order chi connectivity index (χ0) is 12.1. The summed E-state index contributed by atoms with van der Waals surface area (Å²) in [6.07, 6.45) is -0.0331. The monoisotopic (exact) mass is 229 g/mol. The summed E-state index contributed by atoms with van der Waals surface area (Å²) in [6.45, 7) is 3.75. The van der Waals surface area contributed by atoms with E-state index in [1.807, 2.05) is 19.3 Å². The number of benzene rings is 1. The highest BCUT2D eigenvalue weighted by Gasteiger charge is 2.12. The van der Waals surface area contributed by atoms with Crippen molar-refractivity contribution in [1.29, 1.82) is 0 Å². The van der Waals surface area contributed by atoms with Crippen molar-refractivity contribution in [3.05, 3.63) is 23.5 Å². The molecule has 1 aromatic carbocycles. The molecule has 0 aromatic heterocycles. The van der Waals surface area contributed by atoms with Gasteiger partial charge in [0.2, 0.25) is 0 Å². The van der Waals surface area contributed by atoms with Crippen molar-refractivity contribution in [2.45, 2.75) is 26.5 Å². The Bertz CT molecular complexity index is 355. The Morgan fingerprint density at radius 3 is 2.56 bits per heavy atom. The molecule has 0 atom stereocenters. The van der Waals surface area contributed by atoms with Crippen molar-refractivity contribution >= 4 is 0 Å². The lowest BCUT2D eigenvalue weighted by atomic mass is 10.2. The zero-order valence-electron chi connectivity index (χ0n) is 9.58. The second kappa shape index (κ2) is 5.67. The van der Waals surface area contributed by atoms with E-state index in [4.69, 9.17) is 14.7 Å². The number of nitrogens with one attached hydrogen (secondary N) is 1. The normalized spacial score (nSPS) is 10.6. The van der Waals surface area contributed by atoms with E-state index in [0.717, 1.165) is 0 Å². The molecule has 5 heteroatoms. The third kappa shape index (κ3) is 3.08. The van der Waals surface area contributed by atoms with Crippen LogP contribution in [0.25, 0.3) is 0 Å². The lowest BCUT2D eigenvalue weighted by Crippen LogP contribution is -2.11. The third-order valence-corrected chi connectivity index (χ3v) is 1.96. The van der Waals surface area contributed by atoms with Crippen molar-refractivity contribution in [3.8, 4) is 11.5 Å². The van der Waals surface area contributed by atoms with Gasteiger partial charge in [-0.25, -0.2) is 9.87 Å². The minimum absolute atomic E-state index is 0.0181. The number of hydroxylamine groups is 1. The van der Waals surface area contributed by atoms with Crippen LogP contribution < -0.4 is 15.0 Å². The van der Waals surface area contributed by atoms with Crippen LogP contribution in [-0.4, -0.2) is 18.4 Å². The van der Waals surface area contributed by atoms with Crippen molar-refractivity contribution in [3.63, 3.8) is 0 Å². The van der Waals surface area contributed by atoms with Crippen molar-refractivity contribution < 1.29 is 19.1 Å². The first-order valence-electron chi connectivity index (χ1n) is 4.98. The van der Waals surface area contributed by atoms with Crippen molar-refractivity contribution in [1.82, 2.24) is 5.48 Å². The summed E-state index contributed by atoms with van der Waals surface area (Å²) in [6, 6.07) is 2.75. The van der Waals surface area contributed by atoms with Gasteiger partial charge in [0.25, 0.3) is 0 Å². The second-order valence-corrected chi connectivity index (χ2v) is 3.60. The van der Waals surface area contributed by atoms with Gasteiger partial charge in [0.1, 0.15) is 5.82 Å². The molecule has 0 saturated heterocycles. The molecule has 90 valence electrons. The number of hydrogen-bond acceptors (Lipinski definition) is 4. The number of hydrogen-bond donors (Lipinski definition) is 2. The lowest BCUT2D eigenvalue weighted by Gasteiger charge is -2.15. The highest BCUT2D eigenvalue weighted by Crippen LogP contribution is 2.30. The number of methoxy groups -OCH3 is 1. The second-order valence-electron chi connectivity index (χ2n) is 3.60. The van der Waals surface area contributed by atoms with Gasteiger partial charge in [0.05, 0.1) is 13.2 Å². The van der Waals surface area contributed by atoms with Gasteiger partial charge in [-0.05, 0) is 19.9 Å². The quantitative estimate of drug-likeness (QED) is 0.759. The molecule has 2 N–H and O–H groups in total. The van der Waals surface area contributed by atoms with Crippen LogP contribution in [-0.2, 0) is 6.54 Å². The van der Waals surface area contributed by atoms with Gasteiger partial charge in [0.15, 0.2) is 11.5 Å². The number of ether oxygens (including phenoxy) is 2. The standard InChI is InChI=1S/C11H16FNO3/c1-7(2)16-11-4-8(6-13-14)9(12)5-10(11)15-3/h4-5,7,13-14H,6H2,1-3H3. The fourth-order valence-electron chi connectivity index (χ4n) is 1.30. The van der Waals surface area contributed by atoms with Gasteiger partial charge in [-0.2, -0.15) is 0 Å². The van der Waals surface area contributed by atoms with Crippen LogP contribution in [0.4, 0.5) is 4.39 Å². The summed E-state index contributed by atoms with van der Waals surface area (Å²) >= 11 is 0. The number of rotatable bonds is 5. The van der Waals surface area contributed by atoms with E-state index in [0.29, 0.717) is 17.1 Å². The summed E-state index contributed by atoms with van der Waals surface area (Å²) in [4.78, 5) is 0. The van der Waals surface area contributed by atoms with E-state index in [1.54, 1.807) is 0 Å². The molecule has 0 bridgehead atoms. The summed E-state index contributed by atoms with van der Waals surface area (Å²) in [5, 5.41) is 8.55. The topological polar surface area (TPSA) is 50.7 Å². The van der Waals surface area contributed by atoms with Gasteiger partial charge in [-0.1, -0.05) is 0 Å².